The van der Waals surface area contributed by atoms with Crippen molar-refractivity contribution in [3.63, 3.8) is 0 Å². The van der Waals surface area contributed by atoms with Crippen molar-refractivity contribution in [2.45, 2.75) is 13.1 Å². The van der Waals surface area contributed by atoms with Gasteiger partial charge in [-0.05, 0) is 120 Å². The molecule has 0 saturated heterocycles. The molecule has 0 aliphatic heterocycles. The fourth-order valence-electron chi connectivity index (χ4n) is 11.9. The zero-order chi connectivity index (χ0) is 58.8. The van der Waals surface area contributed by atoms with E-state index < -0.39 is 11.7 Å². The first-order valence-corrected chi connectivity index (χ1v) is 28.3. The Morgan fingerprint density at radius 1 is 0.333 bits per heavy atom. The van der Waals surface area contributed by atoms with Crippen LogP contribution in [-0.2, 0) is 6.18 Å². The van der Waals surface area contributed by atoms with Gasteiger partial charge in [0, 0.05) is 60.6 Å². The van der Waals surface area contributed by atoms with Crippen molar-refractivity contribution in [1.82, 2.24) is 39.0 Å². The van der Waals surface area contributed by atoms with Crippen LogP contribution in [0.5, 0.6) is 0 Å². The van der Waals surface area contributed by atoms with Crippen molar-refractivity contribution in [3.05, 3.63) is 283 Å². The monoisotopic (exact) mass is 1130 g/mol. The molecule has 0 aliphatic rings. The number of aromatic nitrogens is 8. The van der Waals surface area contributed by atoms with Gasteiger partial charge in [0.15, 0.2) is 40.6 Å². The predicted octanol–water partition coefficient (Wildman–Crippen LogP) is 19.5. The van der Waals surface area contributed by atoms with E-state index in [1.54, 1.807) is 6.92 Å². The van der Waals surface area contributed by atoms with E-state index in [2.05, 4.69) is 68.6 Å². The van der Waals surface area contributed by atoms with Crippen molar-refractivity contribution in [3.8, 4) is 102 Å². The summed E-state index contributed by atoms with van der Waals surface area (Å²) in [5, 5.41) is 3.88. The number of hydrogen-bond acceptors (Lipinski definition) is 6. The topological polar surface area (TPSA) is 91.6 Å². The van der Waals surface area contributed by atoms with Gasteiger partial charge in [0.05, 0.1) is 39.9 Å². The van der Waals surface area contributed by atoms with Gasteiger partial charge in [-0.3, -0.25) is 0 Å². The third kappa shape index (κ3) is 9.40. The lowest BCUT2D eigenvalue weighted by Gasteiger charge is -2.19. The average Bonchev–Trinajstić information content (AvgIpc) is 1.74. The van der Waals surface area contributed by atoms with Crippen LogP contribution in [0.1, 0.15) is 11.1 Å². The van der Waals surface area contributed by atoms with E-state index in [1.807, 2.05) is 188 Å². The van der Waals surface area contributed by atoms with Crippen LogP contribution in [0.2, 0.25) is 0 Å². The van der Waals surface area contributed by atoms with Crippen molar-refractivity contribution in [2.75, 3.05) is 0 Å². The summed E-state index contributed by atoms with van der Waals surface area (Å²) in [5.41, 5.74) is 13.1. The summed E-state index contributed by atoms with van der Waals surface area (Å²) >= 11 is 0. The molecule has 0 radical (unpaired) electrons. The zero-order valence-corrected chi connectivity index (χ0v) is 46.5. The smallest absolute Gasteiger partial charge is 0.309 e. The Morgan fingerprint density at radius 2 is 0.747 bits per heavy atom. The fourth-order valence-corrected chi connectivity index (χ4v) is 11.9. The van der Waals surface area contributed by atoms with Gasteiger partial charge in [-0.2, -0.15) is 13.2 Å². The lowest BCUT2D eigenvalue weighted by molar-refractivity contribution is -0.137. The van der Waals surface area contributed by atoms with Crippen LogP contribution in [-0.4, -0.2) is 39.0 Å². The summed E-state index contributed by atoms with van der Waals surface area (Å²) in [6, 6.07) is 84.2. The molecular formula is C75H46F3N9. The molecule has 11 aromatic carbocycles. The number of rotatable bonds is 10. The number of benzene rings is 11. The lowest BCUT2D eigenvalue weighted by atomic mass is 9.93. The minimum absolute atomic E-state index is 0.393. The third-order valence-corrected chi connectivity index (χ3v) is 16.0. The largest absolute Gasteiger partial charge is 0.416 e. The minimum atomic E-state index is -4.52. The van der Waals surface area contributed by atoms with E-state index in [4.69, 9.17) is 36.5 Å². The average molecular weight is 1130 g/mol. The second-order valence-electron chi connectivity index (χ2n) is 21.3. The molecule has 0 amide bonds. The molecule has 0 fully saturated rings. The Labute approximate surface area is 497 Å². The summed E-state index contributed by atoms with van der Waals surface area (Å²) < 4.78 is 47.0. The Balaban J connectivity index is 0.922. The van der Waals surface area contributed by atoms with Gasteiger partial charge in [0.25, 0.3) is 0 Å². The molecule has 15 rings (SSSR count). The molecule has 0 N–H and O–H groups in total. The van der Waals surface area contributed by atoms with Gasteiger partial charge >= 0.3 is 6.18 Å². The number of aryl methyl sites for hydroxylation is 1. The molecular weight excluding hydrogens is 1080 g/mol. The van der Waals surface area contributed by atoms with Crippen LogP contribution < -0.4 is 0 Å². The molecule has 0 saturated carbocycles. The van der Waals surface area contributed by atoms with E-state index in [-0.39, 0.29) is 0 Å². The molecule has 0 atom stereocenters. The summed E-state index contributed by atoms with van der Waals surface area (Å²) in [6.45, 7) is 10.4. The summed E-state index contributed by atoms with van der Waals surface area (Å²) in [6.07, 6.45) is -4.52. The van der Waals surface area contributed by atoms with E-state index in [0.29, 0.717) is 68.5 Å². The van der Waals surface area contributed by atoms with Gasteiger partial charge < -0.3 is 9.13 Å². The predicted molar refractivity (Wildman–Crippen MR) is 341 cm³/mol. The fraction of sp³-hybridized carbons (Fsp3) is 0.0267. The molecule has 0 aliphatic carbocycles. The van der Waals surface area contributed by atoms with Gasteiger partial charge in [0.1, 0.15) is 0 Å². The van der Waals surface area contributed by atoms with Crippen LogP contribution in [0.4, 0.5) is 18.9 Å². The molecule has 15 aromatic rings. The molecule has 12 heteroatoms. The van der Waals surface area contributed by atoms with E-state index in [9.17, 15) is 13.2 Å². The van der Waals surface area contributed by atoms with Gasteiger partial charge in [0.2, 0.25) is 0 Å². The van der Waals surface area contributed by atoms with E-state index in [0.717, 1.165) is 94.4 Å². The second-order valence-corrected chi connectivity index (χ2v) is 21.3. The maximum atomic E-state index is 14.2. The van der Waals surface area contributed by atoms with Gasteiger partial charge in [-0.15, -0.1) is 0 Å². The van der Waals surface area contributed by atoms with Crippen LogP contribution in [0.25, 0.3) is 150 Å². The lowest BCUT2D eigenvalue weighted by Crippen LogP contribution is -2.05. The summed E-state index contributed by atoms with van der Waals surface area (Å²) in [7, 11) is 0. The summed E-state index contributed by atoms with van der Waals surface area (Å²) in [5.74, 6) is 3.26. The Morgan fingerprint density at radius 3 is 1.21 bits per heavy atom. The molecule has 87 heavy (non-hydrogen) atoms. The maximum Gasteiger partial charge on any atom is 0.416 e. The Hall–Kier alpha value is -11.7. The first-order valence-electron chi connectivity index (χ1n) is 28.3. The quantitative estimate of drug-likeness (QED) is 0.127. The SMILES string of the molecule is [C-]#[N+]c1ccc(-n2c3ccccc3c3cc(-c4nc(-c5ccccc5)nc(-c5ccccc5)n4)ccc32)cc1-c1cc(-c2ccc(C(F)(F)F)cc2C)ccc1-n1c2ccccc2c2cc(-c3nc(-c4ccccc4)nc(-c4ccccc4)n3)ccc21. The Bertz CT molecular complexity index is 5110. The summed E-state index contributed by atoms with van der Waals surface area (Å²) in [4.78, 5) is 34.3. The van der Waals surface area contributed by atoms with Crippen molar-refractivity contribution in [1.29, 1.82) is 0 Å². The van der Waals surface area contributed by atoms with Crippen molar-refractivity contribution >= 4 is 49.3 Å². The maximum absolute atomic E-state index is 14.2. The molecule has 0 bridgehead atoms. The van der Waals surface area contributed by atoms with Crippen molar-refractivity contribution in [2.24, 2.45) is 0 Å². The van der Waals surface area contributed by atoms with Crippen LogP contribution in [0.15, 0.2) is 261 Å². The highest BCUT2D eigenvalue weighted by molar-refractivity contribution is 6.12. The molecule has 9 nitrogen and oxygen atoms in total. The highest BCUT2D eigenvalue weighted by Crippen LogP contribution is 2.45. The van der Waals surface area contributed by atoms with Gasteiger partial charge in [-0.25, -0.2) is 34.7 Å². The molecule has 412 valence electrons. The molecule has 0 spiro atoms. The number of fused-ring (bicyclic) bond motifs is 6. The minimum Gasteiger partial charge on any atom is -0.309 e. The first-order chi connectivity index (χ1) is 42.6. The van der Waals surface area contributed by atoms with Gasteiger partial charge in [-0.1, -0.05) is 176 Å². The van der Waals surface area contributed by atoms with E-state index >= 15 is 0 Å². The van der Waals surface area contributed by atoms with Crippen LogP contribution >= 0.6 is 0 Å². The Kier molecular flexibility index (Phi) is 12.7. The number of para-hydroxylation sites is 2. The van der Waals surface area contributed by atoms with Crippen LogP contribution in [0, 0.1) is 13.5 Å². The van der Waals surface area contributed by atoms with E-state index in [1.165, 1.54) is 12.1 Å². The highest BCUT2D eigenvalue weighted by Gasteiger charge is 2.31. The highest BCUT2D eigenvalue weighted by atomic mass is 19.4. The van der Waals surface area contributed by atoms with Crippen LogP contribution in [0.3, 0.4) is 0 Å². The number of nitrogens with zero attached hydrogens (tertiary/aromatic N) is 9. The normalized spacial score (nSPS) is 11.7. The number of halogens is 3. The molecule has 4 heterocycles. The standard InChI is InChI=1S/C75H46F3N9/c1-46-41-54(75(76,77)78)34-36-56(46)51-31-38-68(87-65-30-18-16-28-58(65)61-44-53(33-40-67(61)87)74-84-71(49-23-11-5-12-24-49)81-72(85-74)50-25-13-6-14-26-50)62(42-51)59-45-55(35-37-63(59)79-2)86-64-29-17-15-27-57(64)60-43-52(32-39-66(60)86)73-82-69(47-19-7-3-8-20-47)80-70(83-73)48-21-9-4-10-22-48/h3-45H,1H3. The number of alkyl halides is 3. The third-order valence-electron chi connectivity index (χ3n) is 16.0. The van der Waals surface area contributed by atoms with Crippen molar-refractivity contribution < 1.29 is 13.2 Å². The second kappa shape index (κ2) is 21.2. The number of hydrogen-bond donors (Lipinski definition) is 0. The molecule has 4 aromatic heterocycles. The zero-order valence-electron chi connectivity index (χ0n) is 46.5. The first kappa shape index (κ1) is 52.1. The molecule has 0 unspecified atom stereocenters.